The molecule has 0 aromatic heterocycles. The van der Waals surface area contributed by atoms with E-state index in [2.05, 4.69) is 12.1 Å². The summed E-state index contributed by atoms with van der Waals surface area (Å²) in [5.41, 5.74) is 4.07. The van der Waals surface area contributed by atoms with E-state index in [1.165, 1.54) is 5.56 Å². The minimum atomic E-state index is -0.648. The first-order valence-electron chi connectivity index (χ1n) is 8.36. The molecule has 0 spiro atoms. The van der Waals surface area contributed by atoms with Crippen molar-refractivity contribution in [3.05, 3.63) is 95.0 Å². The maximum Gasteiger partial charge on any atom is 0.358 e. The van der Waals surface area contributed by atoms with Crippen LogP contribution in [0.2, 0.25) is 5.02 Å². The monoisotopic (exact) mass is 350 g/mol. The Hall–Kier alpha value is -2.07. The zero-order valence-electron chi connectivity index (χ0n) is 13.9. The van der Waals surface area contributed by atoms with Crippen LogP contribution in [0.1, 0.15) is 11.1 Å². The van der Waals surface area contributed by atoms with Crippen molar-refractivity contribution in [3.63, 3.8) is 0 Å². The molecule has 0 aliphatic heterocycles. The number of benzene rings is 3. The fourth-order valence-corrected chi connectivity index (χ4v) is 2.78. The molecule has 0 unspecified atom stereocenters. The van der Waals surface area contributed by atoms with Gasteiger partial charge >= 0.3 is 6.92 Å². The van der Waals surface area contributed by atoms with Crippen molar-refractivity contribution in [2.75, 3.05) is 6.61 Å². The first-order valence-corrected chi connectivity index (χ1v) is 8.74. The quantitative estimate of drug-likeness (QED) is 0.524. The van der Waals surface area contributed by atoms with Crippen molar-refractivity contribution in [2.24, 2.45) is 0 Å². The smallest absolute Gasteiger partial charge is 0.358 e. The zero-order chi connectivity index (χ0) is 17.5. The van der Waals surface area contributed by atoms with Crippen LogP contribution in [0.5, 0.6) is 0 Å². The van der Waals surface area contributed by atoms with Crippen LogP contribution < -0.4 is 10.9 Å². The highest BCUT2D eigenvalue weighted by molar-refractivity contribution is 6.78. The molecule has 0 aliphatic rings. The Morgan fingerprint density at radius 2 is 1.36 bits per heavy atom. The van der Waals surface area contributed by atoms with Crippen molar-refractivity contribution in [2.45, 2.75) is 13.0 Å². The molecule has 4 heteroatoms. The van der Waals surface area contributed by atoms with Gasteiger partial charge in [0.15, 0.2) is 0 Å². The third-order valence-corrected chi connectivity index (χ3v) is 4.38. The van der Waals surface area contributed by atoms with Crippen molar-refractivity contribution >= 4 is 29.4 Å². The molecular weight excluding hydrogens is 330 g/mol. The Morgan fingerprint density at radius 3 is 2.00 bits per heavy atom. The number of halogens is 1. The van der Waals surface area contributed by atoms with E-state index in [-0.39, 0.29) is 0 Å². The van der Waals surface area contributed by atoms with Gasteiger partial charge in [-0.2, -0.15) is 0 Å². The van der Waals surface area contributed by atoms with E-state index in [4.69, 9.17) is 16.3 Å². The van der Waals surface area contributed by atoms with E-state index in [0.717, 1.165) is 22.9 Å². The van der Waals surface area contributed by atoms with Crippen molar-refractivity contribution in [1.29, 1.82) is 0 Å². The van der Waals surface area contributed by atoms with Crippen LogP contribution in [0, 0.1) is 0 Å². The zero-order valence-corrected chi connectivity index (χ0v) is 14.7. The Morgan fingerprint density at radius 1 is 0.760 bits per heavy atom. The first kappa shape index (κ1) is 17.7. The van der Waals surface area contributed by atoms with Crippen molar-refractivity contribution in [1.82, 2.24) is 0 Å². The average molecular weight is 351 g/mol. The molecule has 25 heavy (non-hydrogen) atoms. The standard InChI is InChI=1S/C21H20BClO2/c23-21-12-10-20(11-13-21)22(24)19-8-6-18(7-9-19)16-25-15-14-17-4-2-1-3-5-17/h1-13,24H,14-16H2. The van der Waals surface area contributed by atoms with E-state index in [0.29, 0.717) is 18.2 Å². The van der Waals surface area contributed by atoms with E-state index >= 15 is 0 Å². The van der Waals surface area contributed by atoms with Crippen LogP contribution in [-0.2, 0) is 17.8 Å². The lowest BCUT2D eigenvalue weighted by atomic mass is 9.56. The molecule has 0 saturated heterocycles. The number of hydrogen-bond donors (Lipinski definition) is 1. The molecule has 3 rings (SSSR count). The van der Waals surface area contributed by atoms with Crippen LogP contribution in [0.15, 0.2) is 78.9 Å². The number of hydrogen-bond acceptors (Lipinski definition) is 2. The molecule has 0 aliphatic carbocycles. The maximum atomic E-state index is 10.4. The summed E-state index contributed by atoms with van der Waals surface area (Å²) in [6.45, 7) is 0.619. The van der Waals surface area contributed by atoms with Crippen molar-refractivity contribution in [3.8, 4) is 0 Å². The Balaban J connectivity index is 1.50. The van der Waals surface area contributed by atoms with Gasteiger partial charge in [-0.25, -0.2) is 0 Å². The SMILES string of the molecule is OB(c1ccc(Cl)cc1)c1ccc(COCCc2ccccc2)cc1. The second-order valence-corrected chi connectivity index (χ2v) is 6.42. The molecule has 0 amide bonds. The largest absolute Gasteiger partial charge is 0.443 e. The summed E-state index contributed by atoms with van der Waals surface area (Å²) in [6, 6.07) is 25.4. The molecule has 3 aromatic rings. The lowest BCUT2D eigenvalue weighted by Gasteiger charge is -2.09. The molecular formula is C21H20BClO2. The van der Waals surface area contributed by atoms with Crippen LogP contribution in [0.4, 0.5) is 0 Å². The lowest BCUT2D eigenvalue weighted by Crippen LogP contribution is -2.42. The molecule has 1 N–H and O–H groups in total. The van der Waals surface area contributed by atoms with E-state index < -0.39 is 6.92 Å². The predicted molar refractivity (Wildman–Crippen MR) is 105 cm³/mol. The van der Waals surface area contributed by atoms with Gasteiger partial charge in [-0.1, -0.05) is 78.3 Å². The second kappa shape index (κ2) is 8.86. The van der Waals surface area contributed by atoms with E-state index in [1.807, 2.05) is 54.6 Å². The van der Waals surface area contributed by atoms with Gasteiger partial charge < -0.3 is 9.76 Å². The normalized spacial score (nSPS) is 10.6. The van der Waals surface area contributed by atoms with Gasteiger partial charge in [-0.05, 0) is 40.6 Å². The Kier molecular flexibility index (Phi) is 6.29. The highest BCUT2D eigenvalue weighted by atomic mass is 35.5. The van der Waals surface area contributed by atoms with Gasteiger partial charge in [-0.15, -0.1) is 0 Å². The molecule has 0 saturated carbocycles. The molecule has 0 heterocycles. The fourth-order valence-electron chi connectivity index (χ4n) is 2.66. The van der Waals surface area contributed by atoms with Crippen LogP contribution in [0.3, 0.4) is 0 Å². The van der Waals surface area contributed by atoms with Gasteiger partial charge in [0.2, 0.25) is 0 Å². The van der Waals surface area contributed by atoms with Crippen LogP contribution in [-0.4, -0.2) is 18.5 Å². The van der Waals surface area contributed by atoms with Crippen molar-refractivity contribution < 1.29 is 9.76 Å². The molecule has 0 radical (unpaired) electrons. The lowest BCUT2D eigenvalue weighted by molar-refractivity contribution is 0.124. The third-order valence-electron chi connectivity index (χ3n) is 4.13. The number of rotatable bonds is 7. The summed E-state index contributed by atoms with van der Waals surface area (Å²) < 4.78 is 5.74. The minimum Gasteiger partial charge on any atom is -0.443 e. The Bertz CT molecular complexity index is 773. The molecule has 2 nitrogen and oxygen atoms in total. The van der Waals surface area contributed by atoms with Gasteiger partial charge in [0.1, 0.15) is 0 Å². The second-order valence-electron chi connectivity index (χ2n) is 5.98. The van der Waals surface area contributed by atoms with E-state index in [1.54, 1.807) is 12.1 Å². The summed E-state index contributed by atoms with van der Waals surface area (Å²) in [5.74, 6) is 0. The maximum absolute atomic E-state index is 10.4. The number of ether oxygens (including phenoxy) is 1. The highest BCUT2D eigenvalue weighted by Crippen LogP contribution is 2.06. The third kappa shape index (κ3) is 5.20. The fraction of sp³-hybridized carbons (Fsp3) is 0.143. The van der Waals surface area contributed by atoms with Gasteiger partial charge in [-0.3, -0.25) is 0 Å². The van der Waals surface area contributed by atoms with Gasteiger partial charge in [0.05, 0.1) is 13.2 Å². The van der Waals surface area contributed by atoms with Crippen LogP contribution in [0.25, 0.3) is 0 Å². The summed E-state index contributed by atoms with van der Waals surface area (Å²) in [7, 11) is 0. The minimum absolute atomic E-state index is 0.574. The summed E-state index contributed by atoms with van der Waals surface area (Å²) >= 11 is 5.89. The predicted octanol–water partition coefficient (Wildman–Crippen LogP) is 3.20. The molecule has 126 valence electrons. The van der Waals surface area contributed by atoms with Gasteiger partial charge in [0, 0.05) is 5.02 Å². The molecule has 0 bridgehead atoms. The molecule has 0 fully saturated rings. The molecule has 3 aromatic carbocycles. The van der Waals surface area contributed by atoms with E-state index in [9.17, 15) is 5.02 Å². The topological polar surface area (TPSA) is 29.5 Å². The summed E-state index contributed by atoms with van der Waals surface area (Å²) in [6.07, 6.45) is 0.911. The van der Waals surface area contributed by atoms with Crippen LogP contribution >= 0.6 is 11.6 Å². The summed E-state index contributed by atoms with van der Waals surface area (Å²) in [5, 5.41) is 11.1. The van der Waals surface area contributed by atoms with Gasteiger partial charge in [0.25, 0.3) is 0 Å². The molecule has 0 atom stereocenters. The summed E-state index contributed by atoms with van der Waals surface area (Å²) in [4.78, 5) is 0. The average Bonchev–Trinajstić information content (AvgIpc) is 2.67. The first-order chi connectivity index (χ1) is 12.2. The highest BCUT2D eigenvalue weighted by Gasteiger charge is 2.16. The Labute approximate surface area is 154 Å².